The van der Waals surface area contributed by atoms with E-state index >= 15 is 0 Å². The van der Waals surface area contributed by atoms with Gasteiger partial charge in [-0.2, -0.15) is 0 Å². The van der Waals surface area contributed by atoms with Gasteiger partial charge in [0.15, 0.2) is 6.17 Å². The maximum atomic E-state index is 12.6. The number of hydrogen-bond donors (Lipinski definition) is 3. The van der Waals surface area contributed by atoms with E-state index in [0.717, 1.165) is 11.3 Å². The minimum Gasteiger partial charge on any atom is -0.508 e. The largest absolute Gasteiger partial charge is 0.508 e. The molecule has 1 aliphatic rings. The van der Waals surface area contributed by atoms with Crippen LogP contribution in [0.4, 0.5) is 11.6 Å². The predicted octanol–water partition coefficient (Wildman–Crippen LogP) is 3.31. The molecule has 0 saturated carbocycles. The first-order chi connectivity index (χ1) is 13.4. The van der Waals surface area contributed by atoms with E-state index in [4.69, 9.17) is 4.99 Å². The van der Waals surface area contributed by atoms with E-state index in [-0.39, 0.29) is 11.3 Å². The summed E-state index contributed by atoms with van der Waals surface area (Å²) >= 11 is 0. The molecule has 0 saturated heterocycles. The van der Waals surface area contributed by atoms with Gasteiger partial charge in [-0.25, -0.2) is 9.98 Å². The first-order valence-corrected chi connectivity index (χ1v) is 8.99. The van der Waals surface area contributed by atoms with Crippen LogP contribution in [0.5, 0.6) is 5.75 Å². The van der Waals surface area contributed by atoms with Crippen LogP contribution in [0.15, 0.2) is 58.3 Å². The van der Waals surface area contributed by atoms with E-state index in [1.54, 1.807) is 31.2 Å². The fourth-order valence-electron chi connectivity index (χ4n) is 3.14. The van der Waals surface area contributed by atoms with Crippen molar-refractivity contribution in [3.8, 4) is 5.75 Å². The molecule has 1 aromatic heterocycles. The van der Waals surface area contributed by atoms with Gasteiger partial charge in [-0.1, -0.05) is 18.2 Å². The van der Waals surface area contributed by atoms with Crippen LogP contribution in [0.25, 0.3) is 0 Å². The number of phenolic OH excluding ortho intramolecular Hbond substituents is 1. The molecule has 142 valence electrons. The van der Waals surface area contributed by atoms with Gasteiger partial charge in [-0.05, 0) is 61.7 Å². The molecule has 0 fully saturated rings. The number of benzene rings is 2. The summed E-state index contributed by atoms with van der Waals surface area (Å²) in [4.78, 5) is 21.8. The third-order valence-corrected chi connectivity index (χ3v) is 4.77. The number of guanidine groups is 1. The average Bonchev–Trinajstić information content (AvgIpc) is 2.64. The van der Waals surface area contributed by atoms with E-state index in [2.05, 4.69) is 29.5 Å². The van der Waals surface area contributed by atoms with E-state index in [1.165, 1.54) is 21.8 Å². The predicted molar refractivity (Wildman–Crippen MR) is 110 cm³/mol. The lowest BCUT2D eigenvalue weighted by atomic mass is 10.1. The van der Waals surface area contributed by atoms with Crippen molar-refractivity contribution in [3.63, 3.8) is 0 Å². The second-order valence-electron chi connectivity index (χ2n) is 6.92. The molecule has 2 heterocycles. The Morgan fingerprint density at radius 1 is 1.04 bits per heavy atom. The number of hydrogen-bond acceptors (Lipinski definition) is 6. The highest BCUT2D eigenvalue weighted by atomic mass is 16.3. The van der Waals surface area contributed by atoms with Crippen molar-refractivity contribution < 1.29 is 5.11 Å². The molecule has 7 heteroatoms. The highest BCUT2D eigenvalue weighted by Gasteiger charge is 2.25. The van der Waals surface area contributed by atoms with Crippen LogP contribution in [-0.4, -0.2) is 20.6 Å². The number of nitrogens with one attached hydrogen (secondary N) is 2. The minimum absolute atomic E-state index is 0.157. The molecule has 0 radical (unpaired) electrons. The molecular weight excluding hydrogens is 354 g/mol. The Hall–Kier alpha value is -3.61. The zero-order valence-corrected chi connectivity index (χ0v) is 15.9. The van der Waals surface area contributed by atoms with Crippen LogP contribution >= 0.6 is 0 Å². The molecule has 0 spiro atoms. The number of fused-ring (bicyclic) bond motifs is 1. The fourth-order valence-corrected chi connectivity index (χ4v) is 3.14. The first-order valence-electron chi connectivity index (χ1n) is 8.99. The third-order valence-electron chi connectivity index (χ3n) is 4.77. The molecule has 2 aromatic carbocycles. The van der Waals surface area contributed by atoms with Gasteiger partial charge in [0, 0.05) is 17.4 Å². The normalized spacial score (nSPS) is 15.4. The van der Waals surface area contributed by atoms with E-state index < -0.39 is 6.17 Å². The smallest absolute Gasteiger partial charge is 0.257 e. The number of rotatable bonds is 2. The molecule has 28 heavy (non-hydrogen) atoms. The van der Waals surface area contributed by atoms with Crippen LogP contribution < -0.4 is 16.2 Å². The Labute approximate surface area is 162 Å². The van der Waals surface area contributed by atoms with Crippen molar-refractivity contribution in [3.05, 3.63) is 81.3 Å². The standard InChI is InChI=1S/C21H21N5O2/c1-12-4-7-16(10-13(12)2)23-20-24-19(15-5-8-17(27)9-6-15)26-18(28)11-14(3)22-21(26)25-20/h4-11,19,27H,1-3H3,(H2,22,23,24,25)/t19-/m1/s1. The molecule has 7 nitrogen and oxygen atoms in total. The molecule has 3 aromatic rings. The van der Waals surface area contributed by atoms with Gasteiger partial charge in [0.25, 0.3) is 5.56 Å². The van der Waals surface area contributed by atoms with Gasteiger partial charge in [0.2, 0.25) is 11.9 Å². The fraction of sp³-hybridized carbons (Fsp3) is 0.190. The Kier molecular flexibility index (Phi) is 4.35. The second kappa shape index (κ2) is 6.84. The van der Waals surface area contributed by atoms with Gasteiger partial charge in [0.05, 0.1) is 0 Å². The van der Waals surface area contributed by atoms with Crippen LogP contribution in [0.3, 0.4) is 0 Å². The van der Waals surface area contributed by atoms with Gasteiger partial charge in [-0.15, -0.1) is 0 Å². The van der Waals surface area contributed by atoms with Crippen LogP contribution in [0, 0.1) is 20.8 Å². The van der Waals surface area contributed by atoms with Crippen molar-refractivity contribution in [1.82, 2.24) is 9.55 Å². The number of aromatic hydroxyl groups is 1. The van der Waals surface area contributed by atoms with E-state index in [0.29, 0.717) is 17.6 Å². The summed E-state index contributed by atoms with van der Waals surface area (Å²) in [7, 11) is 0. The number of phenols is 1. The van der Waals surface area contributed by atoms with Crippen molar-refractivity contribution in [2.24, 2.45) is 4.99 Å². The highest BCUT2D eigenvalue weighted by molar-refractivity contribution is 6.03. The van der Waals surface area contributed by atoms with Crippen LogP contribution in [0.1, 0.15) is 28.6 Å². The zero-order chi connectivity index (χ0) is 19.8. The Morgan fingerprint density at radius 2 is 1.79 bits per heavy atom. The molecule has 4 rings (SSSR count). The quantitative estimate of drug-likeness (QED) is 0.639. The van der Waals surface area contributed by atoms with Crippen molar-refractivity contribution in [2.75, 3.05) is 10.6 Å². The van der Waals surface area contributed by atoms with Crippen LogP contribution in [-0.2, 0) is 0 Å². The van der Waals surface area contributed by atoms with Gasteiger partial charge >= 0.3 is 0 Å². The van der Waals surface area contributed by atoms with Crippen molar-refractivity contribution in [1.29, 1.82) is 0 Å². The molecule has 0 aliphatic carbocycles. The van der Waals surface area contributed by atoms with Gasteiger partial charge < -0.3 is 10.4 Å². The lowest BCUT2D eigenvalue weighted by Crippen LogP contribution is -2.37. The van der Waals surface area contributed by atoms with Gasteiger partial charge in [0.1, 0.15) is 5.75 Å². The summed E-state index contributed by atoms with van der Waals surface area (Å²) in [6, 6.07) is 14.2. The molecule has 1 aliphatic heterocycles. The summed E-state index contributed by atoms with van der Waals surface area (Å²) in [6.07, 6.45) is -0.591. The van der Waals surface area contributed by atoms with E-state index in [9.17, 15) is 9.90 Å². The molecule has 0 unspecified atom stereocenters. The van der Waals surface area contributed by atoms with Crippen molar-refractivity contribution >= 4 is 17.6 Å². The Balaban J connectivity index is 1.78. The Bertz CT molecular complexity index is 1130. The third kappa shape index (κ3) is 3.34. The second-order valence-corrected chi connectivity index (χ2v) is 6.92. The molecule has 1 atom stereocenters. The summed E-state index contributed by atoms with van der Waals surface area (Å²) in [6.45, 7) is 5.89. The molecule has 3 N–H and O–H groups in total. The number of aromatic nitrogens is 2. The number of nitrogens with zero attached hydrogens (tertiary/aromatic N) is 3. The Morgan fingerprint density at radius 3 is 2.50 bits per heavy atom. The number of aryl methyl sites for hydroxylation is 3. The number of aliphatic imine (C=N–C) groups is 1. The maximum absolute atomic E-state index is 12.6. The number of anilines is 2. The summed E-state index contributed by atoms with van der Waals surface area (Å²) < 4.78 is 1.50. The van der Waals surface area contributed by atoms with E-state index in [1.807, 2.05) is 18.2 Å². The monoisotopic (exact) mass is 375 g/mol. The lowest BCUT2D eigenvalue weighted by molar-refractivity contribution is 0.474. The highest BCUT2D eigenvalue weighted by Crippen LogP contribution is 2.27. The summed E-state index contributed by atoms with van der Waals surface area (Å²) in [5.74, 6) is 1.08. The molecule has 0 amide bonds. The SMILES string of the molecule is Cc1cc(=O)n2c(n1)NC(Nc1ccc(C)c(C)c1)=N[C@H]2c1ccc(O)cc1. The van der Waals surface area contributed by atoms with Gasteiger partial charge in [-0.3, -0.25) is 14.7 Å². The van der Waals surface area contributed by atoms with Crippen molar-refractivity contribution in [2.45, 2.75) is 26.9 Å². The minimum atomic E-state index is -0.591. The summed E-state index contributed by atoms with van der Waals surface area (Å²) in [5, 5.41) is 16.0. The topological polar surface area (TPSA) is 91.5 Å². The zero-order valence-electron chi connectivity index (χ0n) is 15.9. The first kappa shape index (κ1) is 17.8. The molecule has 0 bridgehead atoms. The lowest BCUT2D eigenvalue weighted by Gasteiger charge is -2.27. The van der Waals surface area contributed by atoms with Crippen LogP contribution in [0.2, 0.25) is 0 Å². The average molecular weight is 375 g/mol. The summed E-state index contributed by atoms with van der Waals surface area (Å²) in [5.41, 5.74) is 4.47. The maximum Gasteiger partial charge on any atom is 0.257 e. The molecular formula is C21H21N5O2.